The zero-order valence-electron chi connectivity index (χ0n) is 15.7. The van der Waals surface area contributed by atoms with E-state index in [1.807, 2.05) is 44.2 Å². The Labute approximate surface area is 160 Å². The van der Waals surface area contributed by atoms with Crippen LogP contribution in [0.25, 0.3) is 0 Å². The van der Waals surface area contributed by atoms with Gasteiger partial charge in [-0.05, 0) is 55.2 Å². The van der Waals surface area contributed by atoms with Crippen molar-refractivity contribution < 1.29 is 9.59 Å². The van der Waals surface area contributed by atoms with Gasteiger partial charge in [-0.25, -0.2) is 0 Å². The molecule has 2 aromatic rings. The van der Waals surface area contributed by atoms with Gasteiger partial charge in [0, 0.05) is 36.3 Å². The zero-order valence-corrected chi connectivity index (χ0v) is 16.5. The minimum absolute atomic E-state index is 0.103. The summed E-state index contributed by atoms with van der Waals surface area (Å²) in [7, 11) is 0. The molecule has 2 aromatic carbocycles. The van der Waals surface area contributed by atoms with Crippen molar-refractivity contribution in [2.45, 2.75) is 40.5 Å². The number of anilines is 2. The molecule has 1 N–H and O–H groups in total. The molecule has 2 rings (SSSR count). The third-order valence-corrected chi connectivity index (χ3v) is 4.63. The quantitative estimate of drug-likeness (QED) is 0.783. The minimum Gasteiger partial charge on any atom is -0.326 e. The molecule has 0 atom stereocenters. The topological polar surface area (TPSA) is 49.4 Å². The first kappa shape index (κ1) is 20.0. The fraction of sp³-hybridized carbons (Fsp3) is 0.333. The second-order valence-electron chi connectivity index (χ2n) is 6.36. The van der Waals surface area contributed by atoms with Gasteiger partial charge in [-0.1, -0.05) is 36.7 Å². The minimum atomic E-state index is -0.105. The number of nitrogens with zero attached hydrogens (tertiary/aromatic N) is 1. The van der Waals surface area contributed by atoms with Crippen LogP contribution in [0.4, 0.5) is 11.4 Å². The van der Waals surface area contributed by atoms with Gasteiger partial charge in [0.15, 0.2) is 0 Å². The second kappa shape index (κ2) is 8.86. The smallest absolute Gasteiger partial charge is 0.226 e. The lowest BCUT2D eigenvalue weighted by Crippen LogP contribution is -2.32. The van der Waals surface area contributed by atoms with Crippen molar-refractivity contribution >= 4 is 34.8 Å². The van der Waals surface area contributed by atoms with Gasteiger partial charge in [-0.15, -0.1) is 0 Å². The average molecular weight is 373 g/mol. The number of hydrogen-bond donors (Lipinski definition) is 1. The predicted octanol–water partition coefficient (Wildman–Crippen LogP) is 4.90. The van der Waals surface area contributed by atoms with Crippen LogP contribution >= 0.6 is 11.6 Å². The Morgan fingerprint density at radius 1 is 1.12 bits per heavy atom. The van der Waals surface area contributed by atoms with Crippen molar-refractivity contribution in [3.63, 3.8) is 0 Å². The fourth-order valence-corrected chi connectivity index (χ4v) is 3.21. The Hall–Kier alpha value is -2.33. The molecule has 0 saturated carbocycles. The van der Waals surface area contributed by atoms with E-state index in [4.69, 9.17) is 11.6 Å². The van der Waals surface area contributed by atoms with E-state index >= 15 is 0 Å². The number of halogens is 1. The Morgan fingerprint density at radius 3 is 2.46 bits per heavy atom. The molecule has 0 heterocycles. The highest BCUT2D eigenvalue weighted by atomic mass is 35.5. The Morgan fingerprint density at radius 2 is 1.85 bits per heavy atom. The third kappa shape index (κ3) is 4.85. The molecule has 0 radical (unpaired) electrons. The summed E-state index contributed by atoms with van der Waals surface area (Å²) in [6.07, 6.45) is 1.07. The molecule has 138 valence electrons. The van der Waals surface area contributed by atoms with Crippen molar-refractivity contribution in [2.24, 2.45) is 0 Å². The van der Waals surface area contributed by atoms with Crippen molar-refractivity contribution in [3.8, 4) is 0 Å². The molecule has 2 amide bonds. The van der Waals surface area contributed by atoms with Gasteiger partial charge < -0.3 is 10.2 Å². The standard InChI is InChI=1S/C21H25ClN2O2/c1-5-17-8-6-7-14(2)21(17)23-20(26)11-12-24(16(4)25)19-10-9-18(22)13-15(19)3/h6-10,13H,5,11-12H2,1-4H3,(H,23,26). The van der Waals surface area contributed by atoms with Gasteiger partial charge in [0.25, 0.3) is 0 Å². The van der Waals surface area contributed by atoms with E-state index in [1.54, 1.807) is 11.0 Å². The van der Waals surface area contributed by atoms with E-state index < -0.39 is 0 Å². The number of amides is 2. The summed E-state index contributed by atoms with van der Waals surface area (Å²) >= 11 is 5.99. The molecule has 0 aliphatic carbocycles. The number of hydrogen-bond acceptors (Lipinski definition) is 2. The molecule has 0 unspecified atom stereocenters. The number of benzene rings is 2. The summed E-state index contributed by atoms with van der Waals surface area (Å²) in [6, 6.07) is 11.4. The maximum absolute atomic E-state index is 12.5. The highest BCUT2D eigenvalue weighted by Gasteiger charge is 2.16. The van der Waals surface area contributed by atoms with Crippen LogP contribution in [0.15, 0.2) is 36.4 Å². The van der Waals surface area contributed by atoms with E-state index in [9.17, 15) is 9.59 Å². The molecule has 5 heteroatoms. The molecule has 26 heavy (non-hydrogen) atoms. The zero-order chi connectivity index (χ0) is 19.3. The van der Waals surface area contributed by atoms with E-state index in [-0.39, 0.29) is 18.2 Å². The first-order valence-electron chi connectivity index (χ1n) is 8.76. The van der Waals surface area contributed by atoms with E-state index in [2.05, 4.69) is 12.2 Å². The second-order valence-corrected chi connectivity index (χ2v) is 6.80. The first-order chi connectivity index (χ1) is 12.3. The lowest BCUT2D eigenvalue weighted by molar-refractivity contribution is -0.117. The Balaban J connectivity index is 2.10. The summed E-state index contributed by atoms with van der Waals surface area (Å²) in [5.41, 5.74) is 4.70. The van der Waals surface area contributed by atoms with Gasteiger partial charge in [0.1, 0.15) is 0 Å². The monoisotopic (exact) mass is 372 g/mol. The van der Waals surface area contributed by atoms with Crippen LogP contribution in [0, 0.1) is 13.8 Å². The summed E-state index contributed by atoms with van der Waals surface area (Å²) < 4.78 is 0. The normalized spacial score (nSPS) is 10.5. The summed E-state index contributed by atoms with van der Waals surface area (Å²) in [5.74, 6) is -0.208. The summed E-state index contributed by atoms with van der Waals surface area (Å²) in [6.45, 7) is 7.76. The van der Waals surface area contributed by atoms with E-state index in [0.29, 0.717) is 11.6 Å². The lowest BCUT2D eigenvalue weighted by atomic mass is 10.1. The number of carbonyl (C=O) groups excluding carboxylic acids is 2. The van der Waals surface area contributed by atoms with Crippen LogP contribution in [0.3, 0.4) is 0 Å². The highest BCUT2D eigenvalue weighted by Crippen LogP contribution is 2.25. The molecule has 0 spiro atoms. The maximum Gasteiger partial charge on any atom is 0.226 e. The molecule has 0 fully saturated rings. The van der Waals surface area contributed by atoms with E-state index in [1.165, 1.54) is 6.92 Å². The van der Waals surface area contributed by atoms with Crippen LogP contribution in [0.1, 0.15) is 37.0 Å². The van der Waals surface area contributed by atoms with E-state index in [0.717, 1.165) is 34.5 Å². The highest BCUT2D eigenvalue weighted by molar-refractivity contribution is 6.30. The van der Waals surface area contributed by atoms with Crippen LogP contribution in [0.5, 0.6) is 0 Å². The van der Waals surface area contributed by atoms with Crippen LogP contribution in [-0.4, -0.2) is 18.4 Å². The lowest BCUT2D eigenvalue weighted by Gasteiger charge is -2.23. The molecule has 0 aliphatic rings. The average Bonchev–Trinajstić information content (AvgIpc) is 2.58. The predicted molar refractivity (Wildman–Crippen MR) is 108 cm³/mol. The van der Waals surface area contributed by atoms with Crippen molar-refractivity contribution in [3.05, 3.63) is 58.1 Å². The fourth-order valence-electron chi connectivity index (χ4n) is 2.99. The SMILES string of the molecule is CCc1cccc(C)c1NC(=O)CCN(C(C)=O)c1ccc(Cl)cc1C. The molecular weight excluding hydrogens is 348 g/mol. The van der Waals surface area contributed by atoms with Crippen LogP contribution < -0.4 is 10.2 Å². The molecule has 0 aromatic heterocycles. The largest absolute Gasteiger partial charge is 0.326 e. The molecule has 0 aliphatic heterocycles. The number of para-hydroxylation sites is 1. The van der Waals surface area contributed by atoms with Gasteiger partial charge in [0.05, 0.1) is 0 Å². The number of nitrogens with one attached hydrogen (secondary N) is 1. The van der Waals surface area contributed by atoms with Gasteiger partial charge >= 0.3 is 0 Å². The number of rotatable bonds is 6. The number of carbonyl (C=O) groups is 2. The van der Waals surface area contributed by atoms with Crippen LogP contribution in [-0.2, 0) is 16.0 Å². The van der Waals surface area contributed by atoms with Crippen molar-refractivity contribution in [2.75, 3.05) is 16.8 Å². The van der Waals surface area contributed by atoms with Gasteiger partial charge in [0.2, 0.25) is 11.8 Å². The Kier molecular flexibility index (Phi) is 6.81. The summed E-state index contributed by atoms with van der Waals surface area (Å²) in [4.78, 5) is 26.1. The van der Waals surface area contributed by atoms with Gasteiger partial charge in [-0.3, -0.25) is 9.59 Å². The Bertz CT molecular complexity index is 818. The number of aryl methyl sites for hydroxylation is 3. The molecule has 0 saturated heterocycles. The summed E-state index contributed by atoms with van der Waals surface area (Å²) in [5, 5.41) is 3.63. The van der Waals surface area contributed by atoms with Crippen molar-refractivity contribution in [1.29, 1.82) is 0 Å². The van der Waals surface area contributed by atoms with Crippen LogP contribution in [0.2, 0.25) is 5.02 Å². The van der Waals surface area contributed by atoms with Crippen molar-refractivity contribution in [1.82, 2.24) is 0 Å². The molecule has 0 bridgehead atoms. The first-order valence-corrected chi connectivity index (χ1v) is 9.13. The molecular formula is C21H25ClN2O2. The molecule has 4 nitrogen and oxygen atoms in total. The van der Waals surface area contributed by atoms with Gasteiger partial charge in [-0.2, -0.15) is 0 Å². The third-order valence-electron chi connectivity index (χ3n) is 4.40. The maximum atomic E-state index is 12.5.